The number of hydrogen-bond donors (Lipinski definition) is 0. The number of benzene rings is 7. The van der Waals surface area contributed by atoms with E-state index >= 15 is 0 Å². The Hall–Kier alpha value is -6.95. The second kappa shape index (κ2) is 12.3. The van der Waals surface area contributed by atoms with Gasteiger partial charge in [0.2, 0.25) is 0 Å². The van der Waals surface area contributed by atoms with Crippen LogP contribution in [0, 0.1) is 0 Å². The molecule has 0 aliphatic heterocycles. The van der Waals surface area contributed by atoms with E-state index in [4.69, 9.17) is 15.0 Å². The van der Waals surface area contributed by atoms with Crippen molar-refractivity contribution in [3.8, 4) is 50.8 Å². The summed E-state index contributed by atoms with van der Waals surface area (Å²) in [6, 6.07) is 64.0. The van der Waals surface area contributed by atoms with Gasteiger partial charge in [0.1, 0.15) is 0 Å². The first-order chi connectivity index (χ1) is 26.8. The first kappa shape index (κ1) is 30.7. The maximum Gasteiger partial charge on any atom is 0.160 e. The van der Waals surface area contributed by atoms with Gasteiger partial charge in [-0.2, -0.15) is 0 Å². The van der Waals surface area contributed by atoms with E-state index in [1.807, 2.05) is 47.7 Å². The Kier molecular flexibility index (Phi) is 7.00. The van der Waals surface area contributed by atoms with Crippen molar-refractivity contribution in [3.63, 3.8) is 0 Å². The van der Waals surface area contributed by atoms with Gasteiger partial charge in [-0.25, -0.2) is 15.0 Å². The maximum atomic E-state index is 5.41. The molecule has 11 aromatic rings. The SMILES string of the molecule is c1ccc(-c2cc(-c3ccc(-n4c5ccccc5c5sc6c7ccccc7nc(-c7ccc8ccccc8c7)c6c54)cc3)nc(-c3ccccc3)n2)cc1. The maximum absolute atomic E-state index is 5.41. The van der Waals surface area contributed by atoms with Crippen molar-refractivity contribution in [1.29, 1.82) is 0 Å². The summed E-state index contributed by atoms with van der Waals surface area (Å²) in [7, 11) is 0. The Morgan fingerprint density at radius 2 is 1.04 bits per heavy atom. The Balaban J connectivity index is 1.14. The zero-order valence-corrected chi connectivity index (χ0v) is 29.8. The minimum Gasteiger partial charge on any atom is -0.308 e. The molecule has 0 aliphatic carbocycles. The third-order valence-corrected chi connectivity index (χ3v) is 11.6. The van der Waals surface area contributed by atoms with Crippen molar-refractivity contribution >= 4 is 64.2 Å². The molecule has 5 heteroatoms. The highest BCUT2D eigenvalue weighted by Gasteiger charge is 2.23. The Morgan fingerprint density at radius 3 is 1.81 bits per heavy atom. The first-order valence-electron chi connectivity index (χ1n) is 18.1. The van der Waals surface area contributed by atoms with Crippen LogP contribution in [0.3, 0.4) is 0 Å². The van der Waals surface area contributed by atoms with Gasteiger partial charge in [0.05, 0.1) is 38.3 Å². The number of nitrogens with zero attached hydrogens (tertiary/aromatic N) is 4. The molecule has 0 fully saturated rings. The van der Waals surface area contributed by atoms with Crippen molar-refractivity contribution in [2.45, 2.75) is 0 Å². The molecule has 252 valence electrons. The van der Waals surface area contributed by atoms with Gasteiger partial charge in [-0.1, -0.05) is 146 Å². The van der Waals surface area contributed by atoms with Crippen molar-refractivity contribution in [2.75, 3.05) is 0 Å². The lowest BCUT2D eigenvalue weighted by Crippen LogP contribution is -1.97. The van der Waals surface area contributed by atoms with Crippen LogP contribution < -0.4 is 0 Å². The van der Waals surface area contributed by atoms with Gasteiger partial charge in [-0.05, 0) is 47.2 Å². The molecule has 4 nitrogen and oxygen atoms in total. The van der Waals surface area contributed by atoms with Crippen LogP contribution in [0.25, 0.3) is 104 Å². The third kappa shape index (κ3) is 4.94. The van der Waals surface area contributed by atoms with E-state index in [2.05, 4.69) is 150 Å². The Bertz CT molecular complexity index is 3140. The second-order valence-corrected chi connectivity index (χ2v) is 14.6. The molecule has 0 atom stereocenters. The van der Waals surface area contributed by atoms with Gasteiger partial charge in [-0.3, -0.25) is 0 Å². The van der Waals surface area contributed by atoms with Crippen LogP contribution in [0.5, 0.6) is 0 Å². The summed E-state index contributed by atoms with van der Waals surface area (Å²) in [5, 5.41) is 6.02. The smallest absolute Gasteiger partial charge is 0.160 e. The fourth-order valence-electron chi connectivity index (χ4n) is 7.81. The van der Waals surface area contributed by atoms with Crippen LogP contribution in [0.4, 0.5) is 0 Å². The number of rotatable bonds is 5. The van der Waals surface area contributed by atoms with E-state index in [-0.39, 0.29) is 0 Å². The van der Waals surface area contributed by atoms with Gasteiger partial charge in [0, 0.05) is 48.8 Å². The molecule has 54 heavy (non-hydrogen) atoms. The number of hydrogen-bond acceptors (Lipinski definition) is 4. The molecule has 11 rings (SSSR count). The fourth-order valence-corrected chi connectivity index (χ4v) is 9.17. The van der Waals surface area contributed by atoms with Crippen LogP contribution in [0.2, 0.25) is 0 Å². The lowest BCUT2D eigenvalue weighted by Gasteiger charge is -2.13. The zero-order valence-electron chi connectivity index (χ0n) is 29.0. The van der Waals surface area contributed by atoms with Crippen molar-refractivity contribution in [2.24, 2.45) is 0 Å². The van der Waals surface area contributed by atoms with Crippen molar-refractivity contribution < 1.29 is 0 Å². The minimum absolute atomic E-state index is 0.708. The highest BCUT2D eigenvalue weighted by molar-refractivity contribution is 7.27. The summed E-state index contributed by atoms with van der Waals surface area (Å²) >= 11 is 1.87. The monoisotopic (exact) mass is 706 g/mol. The van der Waals surface area contributed by atoms with E-state index < -0.39 is 0 Å². The molecule has 4 heterocycles. The standard InChI is InChI=1S/C49H30N4S/c1-3-14-32(15-4-1)41-30-42(52-49(51-41)34-16-5-2-6-17-34)33-25-27-37(28-26-33)53-43-22-12-10-20-39(43)48-46(53)44-45(36-24-23-31-13-7-8-18-35(31)29-36)50-40-21-11-9-19-38(40)47(44)54-48/h1-30H. The van der Waals surface area contributed by atoms with E-state index in [0.717, 1.165) is 50.5 Å². The molecule has 7 aromatic carbocycles. The predicted octanol–water partition coefficient (Wildman–Crippen LogP) is 13.2. The lowest BCUT2D eigenvalue weighted by atomic mass is 10.0. The molecule has 4 aromatic heterocycles. The molecular formula is C49H30N4S. The lowest BCUT2D eigenvalue weighted by molar-refractivity contribution is 1.17. The average Bonchev–Trinajstić information content (AvgIpc) is 3.79. The molecular weight excluding hydrogens is 677 g/mol. The van der Waals surface area contributed by atoms with Crippen molar-refractivity contribution in [3.05, 3.63) is 182 Å². The largest absolute Gasteiger partial charge is 0.308 e. The van der Waals surface area contributed by atoms with Gasteiger partial charge >= 0.3 is 0 Å². The quantitative estimate of drug-likeness (QED) is 0.179. The number of para-hydroxylation sites is 2. The summed E-state index contributed by atoms with van der Waals surface area (Å²) < 4.78 is 4.95. The molecule has 0 saturated heterocycles. The summed E-state index contributed by atoms with van der Waals surface area (Å²) in [4.78, 5) is 15.5. The molecule has 0 amide bonds. The van der Waals surface area contributed by atoms with E-state index in [1.54, 1.807) is 0 Å². The highest BCUT2D eigenvalue weighted by atomic mass is 32.1. The molecule has 0 unspecified atom stereocenters. The van der Waals surface area contributed by atoms with E-state index in [1.165, 1.54) is 47.4 Å². The molecule has 0 spiro atoms. The summed E-state index contributed by atoms with van der Waals surface area (Å²) in [6.07, 6.45) is 0. The first-order valence-corrected chi connectivity index (χ1v) is 18.9. The molecule has 0 radical (unpaired) electrons. The van der Waals surface area contributed by atoms with Crippen LogP contribution in [0.15, 0.2) is 182 Å². The molecule has 0 bridgehead atoms. The minimum atomic E-state index is 0.708. The zero-order chi connectivity index (χ0) is 35.6. The molecule has 0 N–H and O–H groups in total. The topological polar surface area (TPSA) is 43.6 Å². The predicted molar refractivity (Wildman–Crippen MR) is 226 cm³/mol. The van der Waals surface area contributed by atoms with Crippen molar-refractivity contribution in [1.82, 2.24) is 19.5 Å². The number of thiophene rings is 1. The number of aromatic nitrogens is 4. The van der Waals surface area contributed by atoms with E-state index in [0.29, 0.717) is 5.82 Å². The number of pyridine rings is 1. The van der Waals surface area contributed by atoms with Crippen LogP contribution in [0.1, 0.15) is 0 Å². The van der Waals surface area contributed by atoms with Gasteiger partial charge in [0.15, 0.2) is 5.82 Å². The molecule has 0 saturated carbocycles. The van der Waals surface area contributed by atoms with E-state index in [9.17, 15) is 0 Å². The van der Waals surface area contributed by atoms with Gasteiger partial charge < -0.3 is 4.57 Å². The summed E-state index contributed by atoms with van der Waals surface area (Å²) in [5.41, 5.74) is 11.4. The normalized spacial score (nSPS) is 11.7. The second-order valence-electron chi connectivity index (χ2n) is 13.6. The summed E-state index contributed by atoms with van der Waals surface area (Å²) in [5.74, 6) is 0.708. The number of fused-ring (bicyclic) bond motifs is 8. The van der Waals surface area contributed by atoms with Crippen LogP contribution in [-0.4, -0.2) is 19.5 Å². The fraction of sp³-hybridized carbons (Fsp3) is 0. The average molecular weight is 707 g/mol. The Labute approximate surface area is 315 Å². The van der Waals surface area contributed by atoms with Crippen LogP contribution >= 0.6 is 11.3 Å². The highest BCUT2D eigenvalue weighted by Crippen LogP contribution is 2.48. The van der Waals surface area contributed by atoms with Gasteiger partial charge in [-0.15, -0.1) is 11.3 Å². The summed E-state index contributed by atoms with van der Waals surface area (Å²) in [6.45, 7) is 0. The molecule has 0 aliphatic rings. The van der Waals surface area contributed by atoms with Crippen LogP contribution in [-0.2, 0) is 0 Å². The third-order valence-electron chi connectivity index (χ3n) is 10.4. The van der Waals surface area contributed by atoms with Gasteiger partial charge in [0.25, 0.3) is 0 Å². The Morgan fingerprint density at radius 1 is 0.426 bits per heavy atom.